The van der Waals surface area contributed by atoms with Crippen molar-refractivity contribution in [3.05, 3.63) is 35.8 Å². The van der Waals surface area contributed by atoms with E-state index in [0.29, 0.717) is 24.2 Å². The Hall–Kier alpha value is -1.84. The zero-order valence-electron chi connectivity index (χ0n) is 7.90. The standard InChI is InChI=1S/C11H9FO3/c12-9-1-2-11-8(5-9)6-10(15-11)3-4-14-7-13/h1-2,5-7H,3-4H2. The van der Waals surface area contributed by atoms with Crippen LogP contribution in [0.3, 0.4) is 0 Å². The summed E-state index contributed by atoms with van der Waals surface area (Å²) in [6, 6.07) is 6.07. The molecule has 1 aromatic carbocycles. The van der Waals surface area contributed by atoms with E-state index < -0.39 is 0 Å². The molecule has 0 N–H and O–H groups in total. The van der Waals surface area contributed by atoms with E-state index in [1.807, 2.05) is 0 Å². The highest BCUT2D eigenvalue weighted by Crippen LogP contribution is 2.20. The molecule has 2 aromatic rings. The van der Waals surface area contributed by atoms with Gasteiger partial charge in [0.2, 0.25) is 0 Å². The first-order valence-corrected chi connectivity index (χ1v) is 4.53. The summed E-state index contributed by atoms with van der Waals surface area (Å²) >= 11 is 0. The van der Waals surface area contributed by atoms with Crippen molar-refractivity contribution in [3.8, 4) is 0 Å². The van der Waals surface area contributed by atoms with Crippen LogP contribution >= 0.6 is 0 Å². The number of benzene rings is 1. The number of rotatable bonds is 4. The fourth-order valence-corrected chi connectivity index (χ4v) is 1.40. The van der Waals surface area contributed by atoms with Gasteiger partial charge < -0.3 is 9.15 Å². The molecule has 0 unspecified atom stereocenters. The highest BCUT2D eigenvalue weighted by molar-refractivity contribution is 5.77. The van der Waals surface area contributed by atoms with Crippen molar-refractivity contribution in [2.45, 2.75) is 6.42 Å². The zero-order chi connectivity index (χ0) is 10.7. The maximum absolute atomic E-state index is 12.8. The van der Waals surface area contributed by atoms with Gasteiger partial charge in [-0.25, -0.2) is 4.39 Å². The number of ether oxygens (including phenoxy) is 1. The fourth-order valence-electron chi connectivity index (χ4n) is 1.40. The number of hydrogen-bond acceptors (Lipinski definition) is 3. The molecule has 0 radical (unpaired) electrons. The van der Waals surface area contributed by atoms with E-state index in [-0.39, 0.29) is 12.4 Å². The number of fused-ring (bicyclic) bond motifs is 1. The Labute approximate surface area is 85.4 Å². The average molecular weight is 208 g/mol. The Morgan fingerprint density at radius 1 is 1.40 bits per heavy atom. The predicted octanol–water partition coefficient (Wildman–Crippen LogP) is 2.29. The fraction of sp³-hybridized carbons (Fsp3) is 0.182. The Morgan fingerprint density at radius 2 is 2.27 bits per heavy atom. The van der Waals surface area contributed by atoms with Crippen LogP contribution in [0.25, 0.3) is 11.0 Å². The molecule has 0 aliphatic heterocycles. The number of carbonyl (C=O) groups is 1. The third-order valence-electron chi connectivity index (χ3n) is 2.06. The third-order valence-corrected chi connectivity index (χ3v) is 2.06. The van der Waals surface area contributed by atoms with Gasteiger partial charge in [0.1, 0.15) is 17.2 Å². The lowest BCUT2D eigenvalue weighted by atomic mass is 10.2. The maximum atomic E-state index is 12.8. The molecular weight excluding hydrogens is 199 g/mol. The Balaban J connectivity index is 2.19. The van der Waals surface area contributed by atoms with Gasteiger partial charge in [0, 0.05) is 11.8 Å². The number of hydrogen-bond donors (Lipinski definition) is 0. The second kappa shape index (κ2) is 4.13. The first kappa shape index (κ1) is 9.71. The summed E-state index contributed by atoms with van der Waals surface area (Å²) in [6.45, 7) is 0.661. The molecular formula is C11H9FO3. The van der Waals surface area contributed by atoms with Gasteiger partial charge in [-0.05, 0) is 24.3 Å². The van der Waals surface area contributed by atoms with Crippen molar-refractivity contribution in [1.29, 1.82) is 0 Å². The Bertz CT molecular complexity index is 476. The van der Waals surface area contributed by atoms with Crippen LogP contribution in [-0.4, -0.2) is 13.1 Å². The van der Waals surface area contributed by atoms with Crippen LogP contribution in [-0.2, 0) is 16.0 Å². The minimum Gasteiger partial charge on any atom is -0.467 e. The number of carbonyl (C=O) groups excluding carboxylic acids is 1. The first-order chi connectivity index (χ1) is 7.29. The van der Waals surface area contributed by atoms with Crippen LogP contribution in [0.5, 0.6) is 0 Å². The monoisotopic (exact) mass is 208 g/mol. The van der Waals surface area contributed by atoms with Crippen LogP contribution in [0, 0.1) is 5.82 Å². The van der Waals surface area contributed by atoms with Gasteiger partial charge in [0.25, 0.3) is 6.47 Å². The van der Waals surface area contributed by atoms with Gasteiger partial charge in [0.15, 0.2) is 0 Å². The highest BCUT2D eigenvalue weighted by atomic mass is 19.1. The van der Waals surface area contributed by atoms with Gasteiger partial charge in [-0.1, -0.05) is 0 Å². The van der Waals surface area contributed by atoms with Crippen LogP contribution in [0.15, 0.2) is 28.7 Å². The molecule has 0 atom stereocenters. The smallest absolute Gasteiger partial charge is 0.293 e. The van der Waals surface area contributed by atoms with Crippen molar-refractivity contribution < 1.29 is 18.3 Å². The minimum atomic E-state index is -0.293. The molecule has 78 valence electrons. The summed E-state index contributed by atoms with van der Waals surface area (Å²) in [7, 11) is 0. The number of halogens is 1. The molecule has 0 bridgehead atoms. The number of furan rings is 1. The summed E-state index contributed by atoms with van der Waals surface area (Å²) in [6.07, 6.45) is 0.495. The Kier molecular flexibility index (Phi) is 2.67. The average Bonchev–Trinajstić information content (AvgIpc) is 2.60. The van der Waals surface area contributed by atoms with Crippen molar-refractivity contribution in [3.63, 3.8) is 0 Å². The van der Waals surface area contributed by atoms with Crippen LogP contribution < -0.4 is 0 Å². The maximum Gasteiger partial charge on any atom is 0.293 e. The molecule has 15 heavy (non-hydrogen) atoms. The summed E-state index contributed by atoms with van der Waals surface area (Å²) in [4.78, 5) is 9.91. The highest BCUT2D eigenvalue weighted by Gasteiger charge is 2.04. The summed E-state index contributed by atoms with van der Waals surface area (Å²) in [5, 5.41) is 0.719. The molecule has 4 heteroatoms. The molecule has 0 aliphatic carbocycles. The molecule has 0 aliphatic rings. The van der Waals surface area contributed by atoms with E-state index in [4.69, 9.17) is 4.42 Å². The predicted molar refractivity (Wildman–Crippen MR) is 51.9 cm³/mol. The Morgan fingerprint density at radius 3 is 3.07 bits per heavy atom. The van der Waals surface area contributed by atoms with Crippen LogP contribution in [0.2, 0.25) is 0 Å². The lowest BCUT2D eigenvalue weighted by Crippen LogP contribution is -1.94. The quantitative estimate of drug-likeness (QED) is 0.571. The van der Waals surface area contributed by atoms with Gasteiger partial charge in [-0.15, -0.1) is 0 Å². The molecule has 0 amide bonds. The van der Waals surface area contributed by atoms with Crippen molar-refractivity contribution in [2.75, 3.05) is 6.61 Å². The second-order valence-electron chi connectivity index (χ2n) is 3.11. The largest absolute Gasteiger partial charge is 0.467 e. The first-order valence-electron chi connectivity index (χ1n) is 4.53. The summed E-state index contributed by atoms with van der Waals surface area (Å²) < 4.78 is 22.8. The van der Waals surface area contributed by atoms with Gasteiger partial charge in [-0.3, -0.25) is 4.79 Å². The third kappa shape index (κ3) is 2.15. The molecule has 3 nitrogen and oxygen atoms in total. The molecule has 1 aromatic heterocycles. The van der Waals surface area contributed by atoms with Crippen molar-refractivity contribution in [1.82, 2.24) is 0 Å². The van der Waals surface area contributed by atoms with E-state index in [1.54, 1.807) is 12.1 Å². The van der Waals surface area contributed by atoms with E-state index in [2.05, 4.69) is 4.74 Å². The summed E-state index contributed by atoms with van der Waals surface area (Å²) in [5.74, 6) is 0.386. The topological polar surface area (TPSA) is 39.4 Å². The van der Waals surface area contributed by atoms with Crippen molar-refractivity contribution >= 4 is 17.4 Å². The van der Waals surface area contributed by atoms with Crippen LogP contribution in [0.1, 0.15) is 5.76 Å². The van der Waals surface area contributed by atoms with E-state index in [0.717, 1.165) is 5.39 Å². The molecule has 0 fully saturated rings. The zero-order valence-corrected chi connectivity index (χ0v) is 7.90. The van der Waals surface area contributed by atoms with Gasteiger partial charge in [-0.2, -0.15) is 0 Å². The molecule has 0 saturated carbocycles. The SMILES string of the molecule is O=COCCc1cc2cc(F)ccc2o1. The van der Waals surface area contributed by atoms with E-state index >= 15 is 0 Å². The normalized spacial score (nSPS) is 10.5. The molecule has 0 saturated heterocycles. The van der Waals surface area contributed by atoms with E-state index in [9.17, 15) is 9.18 Å². The molecule has 1 heterocycles. The molecule has 2 rings (SSSR count). The summed E-state index contributed by atoms with van der Waals surface area (Å²) in [5.41, 5.74) is 0.637. The van der Waals surface area contributed by atoms with Gasteiger partial charge >= 0.3 is 0 Å². The van der Waals surface area contributed by atoms with E-state index in [1.165, 1.54) is 12.1 Å². The lowest BCUT2D eigenvalue weighted by molar-refractivity contribution is -0.128. The lowest BCUT2D eigenvalue weighted by Gasteiger charge is -1.93. The second-order valence-corrected chi connectivity index (χ2v) is 3.11. The minimum absolute atomic E-state index is 0.270. The molecule has 0 spiro atoms. The van der Waals surface area contributed by atoms with Crippen LogP contribution in [0.4, 0.5) is 4.39 Å². The van der Waals surface area contributed by atoms with Crippen molar-refractivity contribution in [2.24, 2.45) is 0 Å². The van der Waals surface area contributed by atoms with Gasteiger partial charge in [0.05, 0.1) is 6.61 Å².